The number of carbonyl (C=O) groups excluding carboxylic acids is 1. The average molecular weight is 514 g/mol. The summed E-state index contributed by atoms with van der Waals surface area (Å²) in [5, 5.41) is 16.8. The number of anilines is 1. The second-order valence-electron chi connectivity index (χ2n) is 8.50. The standard InChI is InChI=1S/C25H22F3N5O2S/c1-36-18-8-15(7-16(26)9-18)20-10-17(27)13-32(20)24-5-4-23-29-12-21(33(23)31-24)25(35)30-11-14-2-3-19(28)22(34)6-14/h2-9,12,17,20,34H,10-11,13H2,1H3,(H,30,35)/t17-,20+/m0/s1. The van der Waals surface area contributed by atoms with Gasteiger partial charge < -0.3 is 15.3 Å². The van der Waals surface area contributed by atoms with Crippen molar-refractivity contribution in [3.8, 4) is 5.75 Å². The molecule has 7 nitrogen and oxygen atoms in total. The Morgan fingerprint density at radius 2 is 2.03 bits per heavy atom. The Labute approximate surface area is 209 Å². The number of hydrogen-bond donors (Lipinski definition) is 2. The van der Waals surface area contributed by atoms with Gasteiger partial charge in [0.25, 0.3) is 5.91 Å². The van der Waals surface area contributed by atoms with Gasteiger partial charge in [0.2, 0.25) is 0 Å². The molecule has 0 saturated carbocycles. The van der Waals surface area contributed by atoms with Crippen LogP contribution in [-0.2, 0) is 6.54 Å². The van der Waals surface area contributed by atoms with Crippen LogP contribution in [0.3, 0.4) is 0 Å². The highest BCUT2D eigenvalue weighted by atomic mass is 32.2. The third kappa shape index (κ3) is 4.70. The molecule has 36 heavy (non-hydrogen) atoms. The normalized spacial score (nSPS) is 17.6. The Balaban J connectivity index is 1.42. The number of rotatable bonds is 6. The molecular formula is C25H22F3N5O2S. The fraction of sp³-hybridized carbons (Fsp3) is 0.240. The van der Waals surface area contributed by atoms with E-state index in [9.17, 15) is 23.1 Å². The summed E-state index contributed by atoms with van der Waals surface area (Å²) in [6, 6.07) is 11.5. The first-order valence-corrected chi connectivity index (χ1v) is 12.4. The molecule has 1 saturated heterocycles. The zero-order valence-electron chi connectivity index (χ0n) is 19.2. The van der Waals surface area contributed by atoms with E-state index in [1.54, 1.807) is 17.0 Å². The SMILES string of the molecule is CSc1cc(F)cc([C@H]2C[C@H](F)CN2c2ccc3ncc(C(=O)NCc4ccc(F)c(O)c4)n3n2)c1. The summed E-state index contributed by atoms with van der Waals surface area (Å²) in [5.74, 6) is -1.69. The van der Waals surface area contributed by atoms with Crippen molar-refractivity contribution >= 4 is 29.1 Å². The Bertz CT molecular complexity index is 1450. The third-order valence-electron chi connectivity index (χ3n) is 6.10. The maximum atomic E-state index is 14.6. The number of alkyl halides is 1. The molecule has 2 atom stereocenters. The van der Waals surface area contributed by atoms with Crippen molar-refractivity contribution < 1.29 is 23.1 Å². The Hall–Kier alpha value is -3.73. The Morgan fingerprint density at radius 1 is 1.19 bits per heavy atom. The van der Waals surface area contributed by atoms with Crippen LogP contribution < -0.4 is 10.2 Å². The number of nitrogens with zero attached hydrogens (tertiary/aromatic N) is 4. The van der Waals surface area contributed by atoms with E-state index in [-0.39, 0.29) is 31.0 Å². The lowest BCUT2D eigenvalue weighted by molar-refractivity contribution is 0.0944. The van der Waals surface area contributed by atoms with Crippen molar-refractivity contribution in [2.45, 2.75) is 30.1 Å². The Kier molecular flexibility index (Phi) is 6.48. The molecule has 4 aromatic rings. The van der Waals surface area contributed by atoms with E-state index in [1.807, 2.05) is 12.3 Å². The molecule has 0 spiro atoms. The van der Waals surface area contributed by atoms with Crippen molar-refractivity contribution in [3.63, 3.8) is 0 Å². The topological polar surface area (TPSA) is 82.8 Å². The van der Waals surface area contributed by atoms with Gasteiger partial charge in [0.1, 0.15) is 17.8 Å². The second-order valence-corrected chi connectivity index (χ2v) is 9.38. The summed E-state index contributed by atoms with van der Waals surface area (Å²) < 4.78 is 43.4. The largest absolute Gasteiger partial charge is 0.505 e. The molecule has 0 radical (unpaired) electrons. The van der Waals surface area contributed by atoms with Crippen molar-refractivity contribution in [2.75, 3.05) is 17.7 Å². The molecule has 2 aromatic heterocycles. The smallest absolute Gasteiger partial charge is 0.271 e. The van der Waals surface area contributed by atoms with Crippen LogP contribution in [0.25, 0.3) is 5.65 Å². The van der Waals surface area contributed by atoms with E-state index in [4.69, 9.17) is 0 Å². The van der Waals surface area contributed by atoms with Gasteiger partial charge in [0.05, 0.1) is 18.8 Å². The zero-order valence-corrected chi connectivity index (χ0v) is 20.0. The summed E-state index contributed by atoms with van der Waals surface area (Å²) in [5.41, 5.74) is 1.75. The molecule has 186 valence electrons. The van der Waals surface area contributed by atoms with Gasteiger partial charge in [-0.15, -0.1) is 16.9 Å². The molecule has 0 unspecified atom stereocenters. The van der Waals surface area contributed by atoms with Crippen molar-refractivity contribution in [2.24, 2.45) is 0 Å². The lowest BCUT2D eigenvalue weighted by atomic mass is 10.0. The summed E-state index contributed by atoms with van der Waals surface area (Å²) in [6.45, 7) is 0.132. The van der Waals surface area contributed by atoms with E-state index in [0.29, 0.717) is 22.6 Å². The number of hydrogen-bond acceptors (Lipinski definition) is 6. The second kappa shape index (κ2) is 9.73. The number of phenolic OH excluding ortho intramolecular Hbond substituents is 1. The predicted octanol–water partition coefficient (Wildman–Crippen LogP) is 4.65. The van der Waals surface area contributed by atoms with Gasteiger partial charge in [-0.2, -0.15) is 0 Å². The lowest BCUT2D eigenvalue weighted by Crippen LogP contribution is -2.27. The first kappa shape index (κ1) is 24.0. The molecule has 1 fully saturated rings. The van der Waals surface area contributed by atoms with Gasteiger partial charge in [0.15, 0.2) is 22.9 Å². The fourth-order valence-corrected chi connectivity index (χ4v) is 4.85. The number of aromatic nitrogens is 3. The van der Waals surface area contributed by atoms with E-state index >= 15 is 0 Å². The summed E-state index contributed by atoms with van der Waals surface area (Å²) >= 11 is 1.41. The van der Waals surface area contributed by atoms with Gasteiger partial charge in [-0.3, -0.25) is 4.79 Å². The van der Waals surface area contributed by atoms with Crippen LogP contribution in [0.4, 0.5) is 19.0 Å². The molecule has 0 bridgehead atoms. The number of amides is 1. The quantitative estimate of drug-likeness (QED) is 0.365. The van der Waals surface area contributed by atoms with Crippen LogP contribution >= 0.6 is 11.8 Å². The highest BCUT2D eigenvalue weighted by Crippen LogP contribution is 2.38. The molecule has 2 aromatic carbocycles. The maximum absolute atomic E-state index is 14.6. The molecule has 1 aliphatic heterocycles. The maximum Gasteiger partial charge on any atom is 0.271 e. The van der Waals surface area contributed by atoms with Crippen molar-refractivity contribution in [3.05, 3.63) is 83.2 Å². The van der Waals surface area contributed by atoms with Crippen molar-refractivity contribution in [1.29, 1.82) is 0 Å². The number of carbonyl (C=O) groups is 1. The summed E-state index contributed by atoms with van der Waals surface area (Å²) in [7, 11) is 0. The average Bonchev–Trinajstić information content (AvgIpc) is 3.47. The van der Waals surface area contributed by atoms with Crippen LogP contribution in [-0.4, -0.2) is 44.6 Å². The summed E-state index contributed by atoms with van der Waals surface area (Å²) in [6.07, 6.45) is 2.30. The highest BCUT2D eigenvalue weighted by Gasteiger charge is 2.35. The molecule has 1 aliphatic rings. The van der Waals surface area contributed by atoms with E-state index in [0.717, 1.165) is 11.0 Å². The van der Waals surface area contributed by atoms with Gasteiger partial charge in [0, 0.05) is 17.9 Å². The van der Waals surface area contributed by atoms with E-state index in [2.05, 4.69) is 15.4 Å². The van der Waals surface area contributed by atoms with Crippen molar-refractivity contribution in [1.82, 2.24) is 19.9 Å². The number of thioether (sulfide) groups is 1. The first-order valence-electron chi connectivity index (χ1n) is 11.2. The van der Waals surface area contributed by atoms with E-state index < -0.39 is 29.7 Å². The zero-order chi connectivity index (χ0) is 25.4. The minimum Gasteiger partial charge on any atom is -0.505 e. The van der Waals surface area contributed by atoms with E-state index in [1.165, 1.54) is 46.7 Å². The van der Waals surface area contributed by atoms with Crippen LogP contribution in [0.2, 0.25) is 0 Å². The number of nitrogens with one attached hydrogen (secondary N) is 1. The lowest BCUT2D eigenvalue weighted by Gasteiger charge is -2.26. The highest BCUT2D eigenvalue weighted by molar-refractivity contribution is 7.98. The number of benzene rings is 2. The number of fused-ring (bicyclic) bond motifs is 1. The fourth-order valence-electron chi connectivity index (χ4n) is 4.36. The molecular weight excluding hydrogens is 491 g/mol. The van der Waals surface area contributed by atoms with Gasteiger partial charge in [-0.05, 0) is 59.8 Å². The van der Waals surface area contributed by atoms with Crippen LogP contribution in [0.15, 0.2) is 59.6 Å². The molecule has 0 aliphatic carbocycles. The molecule has 11 heteroatoms. The van der Waals surface area contributed by atoms with Gasteiger partial charge >= 0.3 is 0 Å². The molecule has 5 rings (SSSR count). The predicted molar refractivity (Wildman–Crippen MR) is 130 cm³/mol. The number of imidazole rings is 1. The molecule has 2 N–H and O–H groups in total. The van der Waals surface area contributed by atoms with Crippen LogP contribution in [0.5, 0.6) is 5.75 Å². The number of phenols is 1. The Morgan fingerprint density at radius 3 is 2.81 bits per heavy atom. The minimum absolute atomic E-state index is 0.0503. The number of halogens is 3. The monoisotopic (exact) mass is 513 g/mol. The van der Waals surface area contributed by atoms with Gasteiger partial charge in [-0.25, -0.2) is 22.7 Å². The first-order chi connectivity index (χ1) is 17.3. The van der Waals surface area contributed by atoms with Gasteiger partial charge in [-0.1, -0.05) is 6.07 Å². The van der Waals surface area contributed by atoms with Crippen LogP contribution in [0, 0.1) is 11.6 Å². The minimum atomic E-state index is -1.12. The number of aromatic hydroxyl groups is 1. The third-order valence-corrected chi connectivity index (χ3v) is 6.81. The van der Waals surface area contributed by atoms with Crippen LogP contribution in [0.1, 0.15) is 34.1 Å². The molecule has 3 heterocycles. The summed E-state index contributed by atoms with van der Waals surface area (Å²) in [4.78, 5) is 19.6. The molecule has 1 amide bonds.